The Labute approximate surface area is 176 Å². The zero-order valence-corrected chi connectivity index (χ0v) is 16.9. The fraction of sp³-hybridized carbons (Fsp3) is 0.182. The summed E-state index contributed by atoms with van der Waals surface area (Å²) in [5.74, 6) is -0.394. The number of nitrogens with one attached hydrogen (secondary N) is 2. The highest BCUT2D eigenvalue weighted by Crippen LogP contribution is 2.39. The Bertz CT molecular complexity index is 1400. The normalized spacial score (nSPS) is 16.7. The average molecular weight is 423 g/mol. The average Bonchev–Trinajstić information content (AvgIpc) is 3.08. The van der Waals surface area contributed by atoms with Crippen molar-refractivity contribution in [3.05, 3.63) is 91.2 Å². The molecule has 0 amide bonds. The molecule has 152 valence electrons. The van der Waals surface area contributed by atoms with E-state index >= 15 is 0 Å². The maximum atomic E-state index is 12.9. The summed E-state index contributed by atoms with van der Waals surface area (Å²) in [4.78, 5) is 33.2. The highest BCUT2D eigenvalue weighted by atomic mass is 35.5. The van der Waals surface area contributed by atoms with Gasteiger partial charge in [-0.1, -0.05) is 35.9 Å². The van der Waals surface area contributed by atoms with Crippen LogP contribution in [0.1, 0.15) is 22.9 Å². The van der Waals surface area contributed by atoms with Crippen molar-refractivity contribution in [2.24, 2.45) is 0 Å². The zero-order chi connectivity index (χ0) is 21.0. The standard InChI is InChI=1S/C22H19ClN4O3/c1-26-10-9-15-14-7-2-3-8-16(14)24-18(15)19(26)17-20(28)25-22(30)27(21(17)29)13-6-4-5-12(23)11-13/h2-8,11,19,24,29H,9-10H2,1H3,(H,25,28,30)/t19-/m1/s1. The summed E-state index contributed by atoms with van der Waals surface area (Å²) >= 11 is 6.07. The van der Waals surface area contributed by atoms with E-state index in [1.807, 2.05) is 36.2 Å². The molecule has 1 aliphatic heterocycles. The van der Waals surface area contributed by atoms with E-state index in [-0.39, 0.29) is 5.56 Å². The van der Waals surface area contributed by atoms with E-state index in [1.165, 1.54) is 0 Å². The van der Waals surface area contributed by atoms with Crippen molar-refractivity contribution in [3.63, 3.8) is 0 Å². The van der Waals surface area contributed by atoms with Gasteiger partial charge in [0.1, 0.15) is 5.56 Å². The first kappa shape index (κ1) is 18.7. The number of halogens is 1. The molecule has 5 rings (SSSR count). The van der Waals surface area contributed by atoms with Gasteiger partial charge in [0.2, 0.25) is 5.88 Å². The van der Waals surface area contributed by atoms with Gasteiger partial charge in [-0.05, 0) is 43.3 Å². The number of aromatic amines is 2. The molecule has 0 bridgehead atoms. The Kier molecular flexibility index (Phi) is 4.30. The molecular weight excluding hydrogens is 404 g/mol. The smallest absolute Gasteiger partial charge is 0.335 e. The van der Waals surface area contributed by atoms with Gasteiger partial charge in [-0.15, -0.1) is 0 Å². The summed E-state index contributed by atoms with van der Waals surface area (Å²) in [6, 6.07) is 14.0. The zero-order valence-electron chi connectivity index (χ0n) is 16.1. The van der Waals surface area contributed by atoms with Gasteiger partial charge in [0, 0.05) is 28.2 Å². The van der Waals surface area contributed by atoms with Gasteiger partial charge < -0.3 is 10.1 Å². The van der Waals surface area contributed by atoms with Gasteiger partial charge in [0.25, 0.3) is 5.56 Å². The summed E-state index contributed by atoms with van der Waals surface area (Å²) < 4.78 is 1.08. The molecule has 0 saturated carbocycles. The number of aromatic nitrogens is 3. The van der Waals surface area contributed by atoms with Crippen LogP contribution in [0.15, 0.2) is 58.1 Å². The van der Waals surface area contributed by atoms with Gasteiger partial charge in [-0.3, -0.25) is 14.7 Å². The Balaban J connectivity index is 1.78. The van der Waals surface area contributed by atoms with E-state index in [4.69, 9.17) is 11.6 Å². The van der Waals surface area contributed by atoms with Crippen LogP contribution in [-0.4, -0.2) is 38.1 Å². The molecule has 0 radical (unpaired) electrons. The van der Waals surface area contributed by atoms with Crippen LogP contribution >= 0.6 is 11.6 Å². The third-order valence-corrected chi connectivity index (χ3v) is 5.97. The minimum Gasteiger partial charge on any atom is -0.494 e. The lowest BCUT2D eigenvalue weighted by molar-refractivity contribution is 0.252. The molecule has 0 aliphatic carbocycles. The van der Waals surface area contributed by atoms with Crippen LogP contribution in [0.5, 0.6) is 5.88 Å². The van der Waals surface area contributed by atoms with Crippen LogP contribution in [0.2, 0.25) is 5.02 Å². The predicted molar refractivity (Wildman–Crippen MR) is 116 cm³/mol. The molecule has 7 nitrogen and oxygen atoms in total. The molecular formula is C22H19ClN4O3. The molecule has 2 aromatic heterocycles. The van der Waals surface area contributed by atoms with Crippen LogP contribution in [0.25, 0.3) is 16.6 Å². The Morgan fingerprint density at radius 2 is 1.90 bits per heavy atom. The van der Waals surface area contributed by atoms with Crippen LogP contribution in [0.3, 0.4) is 0 Å². The minimum atomic E-state index is -0.723. The Hall–Kier alpha value is -3.29. The number of nitrogens with zero attached hydrogens (tertiary/aromatic N) is 2. The van der Waals surface area contributed by atoms with Crippen molar-refractivity contribution >= 4 is 22.5 Å². The van der Waals surface area contributed by atoms with Gasteiger partial charge in [-0.25, -0.2) is 9.36 Å². The highest BCUT2D eigenvalue weighted by molar-refractivity contribution is 6.30. The van der Waals surface area contributed by atoms with Crippen LogP contribution < -0.4 is 11.2 Å². The van der Waals surface area contributed by atoms with E-state index in [2.05, 4.69) is 9.97 Å². The summed E-state index contributed by atoms with van der Waals surface area (Å²) in [6.07, 6.45) is 0.818. The van der Waals surface area contributed by atoms with Crippen molar-refractivity contribution in [2.45, 2.75) is 12.5 Å². The van der Waals surface area contributed by atoms with E-state index in [0.717, 1.165) is 33.1 Å². The van der Waals surface area contributed by atoms with Crippen molar-refractivity contribution < 1.29 is 5.11 Å². The molecule has 2 aromatic carbocycles. The number of rotatable bonds is 2. The van der Waals surface area contributed by atoms with Gasteiger partial charge >= 0.3 is 5.69 Å². The first-order valence-electron chi connectivity index (χ1n) is 9.59. The van der Waals surface area contributed by atoms with Crippen LogP contribution in [-0.2, 0) is 6.42 Å². The third-order valence-electron chi connectivity index (χ3n) is 5.74. The van der Waals surface area contributed by atoms with E-state index in [1.54, 1.807) is 24.3 Å². The molecule has 0 unspecified atom stereocenters. The van der Waals surface area contributed by atoms with Crippen molar-refractivity contribution in [2.75, 3.05) is 13.6 Å². The Morgan fingerprint density at radius 3 is 2.70 bits per heavy atom. The first-order valence-corrected chi connectivity index (χ1v) is 9.97. The van der Waals surface area contributed by atoms with Gasteiger partial charge in [0.05, 0.1) is 11.7 Å². The van der Waals surface area contributed by atoms with Crippen molar-refractivity contribution in [3.8, 4) is 11.6 Å². The molecule has 8 heteroatoms. The van der Waals surface area contributed by atoms with Crippen molar-refractivity contribution in [1.29, 1.82) is 0 Å². The second kappa shape index (κ2) is 6.90. The SMILES string of the molecule is CN1CCc2c([nH]c3ccccc23)[C@H]1c1c(O)n(-c2cccc(Cl)c2)c(=O)[nH]c1=O. The number of benzene rings is 2. The molecule has 1 aliphatic rings. The van der Waals surface area contributed by atoms with Gasteiger partial charge in [-0.2, -0.15) is 0 Å². The van der Waals surface area contributed by atoms with E-state index in [9.17, 15) is 14.7 Å². The molecule has 0 saturated heterocycles. The lowest BCUT2D eigenvalue weighted by atomic mass is 9.94. The lowest BCUT2D eigenvalue weighted by Crippen LogP contribution is -2.39. The highest BCUT2D eigenvalue weighted by Gasteiger charge is 2.34. The topological polar surface area (TPSA) is 94.1 Å². The molecule has 30 heavy (non-hydrogen) atoms. The fourth-order valence-electron chi connectivity index (χ4n) is 4.37. The molecule has 4 aromatic rings. The largest absolute Gasteiger partial charge is 0.494 e. The second-order valence-electron chi connectivity index (χ2n) is 7.51. The van der Waals surface area contributed by atoms with E-state index < -0.39 is 23.2 Å². The molecule has 0 spiro atoms. The van der Waals surface area contributed by atoms with Crippen LogP contribution in [0, 0.1) is 0 Å². The number of fused-ring (bicyclic) bond motifs is 3. The van der Waals surface area contributed by atoms with Crippen molar-refractivity contribution in [1.82, 2.24) is 19.4 Å². The number of likely N-dealkylation sites (N-methyl/N-ethyl adjacent to an activating group) is 1. The van der Waals surface area contributed by atoms with E-state index in [0.29, 0.717) is 17.3 Å². The maximum Gasteiger partial charge on any atom is 0.335 e. The quantitative estimate of drug-likeness (QED) is 0.463. The number of aromatic hydroxyl groups is 1. The fourth-order valence-corrected chi connectivity index (χ4v) is 4.55. The maximum absolute atomic E-state index is 12.9. The number of hydrogen-bond donors (Lipinski definition) is 3. The Morgan fingerprint density at radius 1 is 1.10 bits per heavy atom. The summed E-state index contributed by atoms with van der Waals surface area (Å²) in [5.41, 5.74) is 2.09. The minimum absolute atomic E-state index is 0.115. The molecule has 0 fully saturated rings. The monoisotopic (exact) mass is 422 g/mol. The second-order valence-corrected chi connectivity index (χ2v) is 7.94. The van der Waals surface area contributed by atoms with Crippen LogP contribution in [0.4, 0.5) is 0 Å². The number of para-hydroxylation sites is 1. The molecule has 3 heterocycles. The predicted octanol–water partition coefficient (Wildman–Crippen LogP) is 2.94. The lowest BCUT2D eigenvalue weighted by Gasteiger charge is -2.33. The summed E-state index contributed by atoms with van der Waals surface area (Å²) in [7, 11) is 1.90. The summed E-state index contributed by atoms with van der Waals surface area (Å²) in [6.45, 7) is 0.703. The third kappa shape index (κ3) is 2.78. The van der Waals surface area contributed by atoms with Gasteiger partial charge in [0.15, 0.2) is 0 Å². The number of hydrogen-bond acceptors (Lipinski definition) is 4. The summed E-state index contributed by atoms with van der Waals surface area (Å²) in [5, 5.41) is 12.6. The first-order chi connectivity index (χ1) is 14.5. The number of H-pyrrole nitrogens is 2. The molecule has 3 N–H and O–H groups in total. The molecule has 1 atom stereocenters.